The molecule has 26 heavy (non-hydrogen) atoms. The van der Waals surface area contributed by atoms with Crippen LogP contribution >= 0.6 is 12.4 Å². The molecule has 0 spiro atoms. The van der Waals surface area contributed by atoms with Crippen molar-refractivity contribution in [3.63, 3.8) is 0 Å². The third-order valence-corrected chi connectivity index (χ3v) is 4.85. The van der Waals surface area contributed by atoms with Crippen LogP contribution < -0.4 is 16.4 Å². The first-order valence-electron chi connectivity index (χ1n) is 8.60. The van der Waals surface area contributed by atoms with Crippen LogP contribution in [0.2, 0.25) is 0 Å². The summed E-state index contributed by atoms with van der Waals surface area (Å²) in [6.07, 6.45) is 2.34. The second kappa shape index (κ2) is 9.12. The molecule has 3 amide bonds. The van der Waals surface area contributed by atoms with Gasteiger partial charge in [-0.25, -0.2) is 0 Å². The van der Waals surface area contributed by atoms with E-state index in [1.165, 1.54) is 0 Å². The fourth-order valence-electron chi connectivity index (χ4n) is 3.30. The van der Waals surface area contributed by atoms with Crippen LogP contribution in [0.1, 0.15) is 24.8 Å². The number of hydrogen-bond donors (Lipinski definition) is 3. The maximum Gasteiger partial charge on any atom is 0.241 e. The summed E-state index contributed by atoms with van der Waals surface area (Å²) < 4.78 is 5.29. The first-order chi connectivity index (χ1) is 12.0. The zero-order valence-corrected chi connectivity index (χ0v) is 15.2. The lowest BCUT2D eigenvalue weighted by atomic mass is 9.92. The number of ether oxygens (including phenoxy) is 1. The normalized spacial score (nSPS) is 21.7. The van der Waals surface area contributed by atoms with Gasteiger partial charge in [0.05, 0.1) is 12.0 Å². The van der Waals surface area contributed by atoms with Crippen LogP contribution in [0.3, 0.4) is 0 Å². The minimum Gasteiger partial charge on any atom is -0.381 e. The fraction of sp³-hybridized carbons (Fsp3) is 0.500. The topological polar surface area (TPSA) is 111 Å². The minimum absolute atomic E-state index is 0. The number of rotatable bonds is 5. The van der Waals surface area contributed by atoms with Crippen molar-refractivity contribution in [2.45, 2.75) is 31.7 Å². The molecule has 4 N–H and O–H groups in total. The predicted molar refractivity (Wildman–Crippen MR) is 98.8 cm³/mol. The van der Waals surface area contributed by atoms with Crippen LogP contribution in [0.15, 0.2) is 24.3 Å². The van der Waals surface area contributed by atoms with E-state index in [0.717, 1.165) is 18.4 Å². The molecule has 3 rings (SSSR count). The summed E-state index contributed by atoms with van der Waals surface area (Å²) in [5, 5.41) is 5.15. The second-order valence-electron chi connectivity index (χ2n) is 6.68. The molecule has 2 fully saturated rings. The molecule has 0 aromatic heterocycles. The number of amides is 3. The highest BCUT2D eigenvalue weighted by atomic mass is 35.5. The van der Waals surface area contributed by atoms with Crippen molar-refractivity contribution in [2.24, 2.45) is 17.6 Å². The van der Waals surface area contributed by atoms with Crippen molar-refractivity contribution in [1.29, 1.82) is 0 Å². The zero-order valence-electron chi connectivity index (χ0n) is 14.4. The van der Waals surface area contributed by atoms with Crippen molar-refractivity contribution < 1.29 is 19.1 Å². The van der Waals surface area contributed by atoms with Gasteiger partial charge in [0.25, 0.3) is 0 Å². The molecule has 2 saturated heterocycles. The van der Waals surface area contributed by atoms with Crippen LogP contribution in [0.4, 0.5) is 5.69 Å². The molecular weight excluding hydrogens is 358 g/mol. The molecule has 0 bridgehead atoms. The van der Waals surface area contributed by atoms with Crippen LogP contribution in [-0.2, 0) is 25.5 Å². The van der Waals surface area contributed by atoms with E-state index < -0.39 is 6.04 Å². The highest BCUT2D eigenvalue weighted by molar-refractivity contribution is 6.03. The van der Waals surface area contributed by atoms with Crippen molar-refractivity contribution >= 4 is 35.8 Å². The number of carbonyl (C=O) groups is 3. The van der Waals surface area contributed by atoms with Crippen LogP contribution in [0.5, 0.6) is 0 Å². The quantitative estimate of drug-likeness (QED) is 0.659. The standard InChI is InChI=1S/C18H23N3O4.ClH/c19-16(12-5-7-25-8-6-12)18(24)20-14-3-1-11(2-4-14)9-13-10-15(22)21-17(13)23;/h1-4,12-13,16H,5-10,19H2,(H,20,24)(H,21,22,23);1H. The van der Waals surface area contributed by atoms with E-state index in [1.54, 1.807) is 12.1 Å². The molecule has 1 aromatic carbocycles. The Morgan fingerprint density at radius 1 is 1.23 bits per heavy atom. The molecular formula is C18H24ClN3O4. The van der Waals surface area contributed by atoms with E-state index in [4.69, 9.17) is 10.5 Å². The van der Waals surface area contributed by atoms with Crippen LogP contribution in [-0.4, -0.2) is 37.0 Å². The first kappa shape index (κ1) is 20.4. The van der Waals surface area contributed by atoms with Crippen LogP contribution in [0, 0.1) is 11.8 Å². The van der Waals surface area contributed by atoms with Gasteiger partial charge in [0.1, 0.15) is 0 Å². The molecule has 7 nitrogen and oxygen atoms in total. The van der Waals surface area contributed by atoms with Crippen molar-refractivity contribution in [3.05, 3.63) is 29.8 Å². The molecule has 0 aliphatic carbocycles. The highest BCUT2D eigenvalue weighted by Crippen LogP contribution is 2.21. The molecule has 8 heteroatoms. The van der Waals surface area contributed by atoms with Crippen molar-refractivity contribution in [2.75, 3.05) is 18.5 Å². The number of hydrogen-bond acceptors (Lipinski definition) is 5. The zero-order chi connectivity index (χ0) is 17.8. The molecule has 2 aliphatic rings. The first-order valence-corrected chi connectivity index (χ1v) is 8.60. The predicted octanol–water partition coefficient (Wildman–Crippen LogP) is 1.01. The number of imide groups is 1. The molecule has 2 unspecified atom stereocenters. The van der Waals surface area contributed by atoms with Crippen molar-refractivity contribution in [1.82, 2.24) is 5.32 Å². The van der Waals surface area contributed by atoms with E-state index >= 15 is 0 Å². The Hall–Kier alpha value is -1.96. The summed E-state index contributed by atoms with van der Waals surface area (Å²) in [7, 11) is 0. The lowest BCUT2D eigenvalue weighted by Crippen LogP contribution is -2.43. The van der Waals surface area contributed by atoms with Gasteiger partial charge in [-0.3, -0.25) is 19.7 Å². The van der Waals surface area contributed by atoms with Gasteiger partial charge in [0.15, 0.2) is 0 Å². The number of nitrogens with two attached hydrogens (primary N) is 1. The molecule has 1 aromatic rings. The van der Waals surface area contributed by atoms with Gasteiger partial charge < -0.3 is 15.8 Å². The summed E-state index contributed by atoms with van der Waals surface area (Å²) in [5.74, 6) is -0.799. The Morgan fingerprint density at radius 2 is 1.88 bits per heavy atom. The number of anilines is 1. The Labute approximate surface area is 158 Å². The summed E-state index contributed by atoms with van der Waals surface area (Å²) in [5.41, 5.74) is 7.68. The highest BCUT2D eigenvalue weighted by Gasteiger charge is 2.30. The summed E-state index contributed by atoms with van der Waals surface area (Å²) in [6.45, 7) is 1.30. The van der Waals surface area contributed by atoms with Gasteiger partial charge >= 0.3 is 0 Å². The number of nitrogens with one attached hydrogen (secondary N) is 2. The monoisotopic (exact) mass is 381 g/mol. The van der Waals surface area contributed by atoms with Crippen molar-refractivity contribution in [3.8, 4) is 0 Å². The molecule has 2 atom stereocenters. The average molecular weight is 382 g/mol. The maximum absolute atomic E-state index is 12.3. The SMILES string of the molecule is Cl.NC(C(=O)Nc1ccc(CC2CC(=O)NC2=O)cc1)C1CCOCC1. The lowest BCUT2D eigenvalue weighted by molar-refractivity contribution is -0.126. The van der Waals surface area contributed by atoms with Crippen LogP contribution in [0.25, 0.3) is 0 Å². The van der Waals surface area contributed by atoms with Gasteiger partial charge in [0, 0.05) is 25.3 Å². The third kappa shape index (κ3) is 5.03. The molecule has 2 aliphatic heterocycles. The van der Waals surface area contributed by atoms with Gasteiger partial charge in [-0.05, 0) is 42.9 Å². The summed E-state index contributed by atoms with van der Waals surface area (Å²) >= 11 is 0. The minimum atomic E-state index is -0.545. The molecule has 142 valence electrons. The second-order valence-corrected chi connectivity index (χ2v) is 6.68. The number of benzene rings is 1. The Balaban J connectivity index is 0.00000243. The van der Waals surface area contributed by atoms with Gasteiger partial charge in [-0.1, -0.05) is 12.1 Å². The Morgan fingerprint density at radius 3 is 2.46 bits per heavy atom. The summed E-state index contributed by atoms with van der Waals surface area (Å²) in [4.78, 5) is 35.1. The van der Waals surface area contributed by atoms with E-state index in [0.29, 0.717) is 25.3 Å². The van der Waals surface area contributed by atoms with E-state index in [9.17, 15) is 14.4 Å². The Kier molecular flexibility index (Phi) is 7.14. The number of halogens is 1. The summed E-state index contributed by atoms with van der Waals surface area (Å²) in [6, 6.07) is 6.74. The van der Waals surface area contributed by atoms with E-state index in [-0.39, 0.29) is 48.4 Å². The third-order valence-electron chi connectivity index (χ3n) is 4.85. The molecule has 2 heterocycles. The van der Waals surface area contributed by atoms with Gasteiger partial charge in [0.2, 0.25) is 17.7 Å². The fourth-order valence-corrected chi connectivity index (χ4v) is 3.30. The van der Waals surface area contributed by atoms with Gasteiger partial charge in [-0.15, -0.1) is 12.4 Å². The average Bonchev–Trinajstić information content (AvgIpc) is 2.94. The molecule has 0 saturated carbocycles. The maximum atomic E-state index is 12.3. The van der Waals surface area contributed by atoms with Gasteiger partial charge in [-0.2, -0.15) is 0 Å². The van der Waals surface area contributed by atoms with E-state index in [1.807, 2.05) is 12.1 Å². The number of carbonyl (C=O) groups excluding carboxylic acids is 3. The Bertz CT molecular complexity index is 659. The largest absolute Gasteiger partial charge is 0.381 e. The lowest BCUT2D eigenvalue weighted by Gasteiger charge is -2.26. The van der Waals surface area contributed by atoms with E-state index in [2.05, 4.69) is 10.6 Å². The smallest absolute Gasteiger partial charge is 0.241 e. The molecule has 0 radical (unpaired) electrons.